The Morgan fingerprint density at radius 3 is 2.70 bits per heavy atom. The molecule has 2 aromatic rings. The lowest BCUT2D eigenvalue weighted by Crippen LogP contribution is -2.43. The van der Waals surface area contributed by atoms with E-state index in [9.17, 15) is 0 Å². The van der Waals surface area contributed by atoms with Gasteiger partial charge in [-0.3, -0.25) is 0 Å². The highest BCUT2D eigenvalue weighted by atomic mass is 16.5. The van der Waals surface area contributed by atoms with Gasteiger partial charge in [0, 0.05) is 12.0 Å². The fraction of sp³-hybridized carbons (Fsp3) is 0.556. The van der Waals surface area contributed by atoms with Crippen LogP contribution in [0.4, 0.5) is 0 Å². The maximum atomic E-state index is 5.75. The lowest BCUT2D eigenvalue weighted by molar-refractivity contribution is 0.296. The number of ether oxygens (including phenoxy) is 1. The number of nitrogens with zero attached hydrogens (tertiary/aromatic N) is 2. The third-order valence-electron chi connectivity index (χ3n) is 4.18. The first-order valence-electron chi connectivity index (χ1n) is 8.61. The average Bonchev–Trinajstić information content (AvgIpc) is 3.00. The molecule has 3 rings (SSSR count). The van der Waals surface area contributed by atoms with E-state index < -0.39 is 0 Å². The number of hydrogen-bond donors (Lipinski definition) is 1. The summed E-state index contributed by atoms with van der Waals surface area (Å²) < 4.78 is 11.1. The first kappa shape index (κ1) is 16.0. The molecule has 1 aromatic carbocycles. The van der Waals surface area contributed by atoms with E-state index in [0.717, 1.165) is 49.7 Å². The summed E-state index contributed by atoms with van der Waals surface area (Å²) in [6.45, 7) is 5.08. The predicted octanol–water partition coefficient (Wildman–Crippen LogP) is 3.46. The molecule has 1 aliphatic rings. The minimum atomic E-state index is 0.631. The fourth-order valence-corrected chi connectivity index (χ4v) is 2.61. The molecule has 0 saturated carbocycles. The largest absolute Gasteiger partial charge is 0.494 e. The highest BCUT2D eigenvalue weighted by Crippen LogP contribution is 2.21. The van der Waals surface area contributed by atoms with Gasteiger partial charge in [0.2, 0.25) is 11.7 Å². The van der Waals surface area contributed by atoms with Gasteiger partial charge in [0.25, 0.3) is 0 Å². The van der Waals surface area contributed by atoms with Gasteiger partial charge in [-0.05, 0) is 49.7 Å². The monoisotopic (exact) mass is 315 g/mol. The summed E-state index contributed by atoms with van der Waals surface area (Å²) in [5, 5.41) is 7.33. The van der Waals surface area contributed by atoms with E-state index in [1.807, 2.05) is 24.3 Å². The van der Waals surface area contributed by atoms with Crippen molar-refractivity contribution in [1.29, 1.82) is 0 Å². The van der Waals surface area contributed by atoms with Crippen molar-refractivity contribution in [1.82, 2.24) is 15.5 Å². The molecule has 0 radical (unpaired) electrons. The second-order valence-corrected chi connectivity index (χ2v) is 6.17. The molecule has 0 aliphatic carbocycles. The minimum Gasteiger partial charge on any atom is -0.494 e. The van der Waals surface area contributed by atoms with Gasteiger partial charge in [0.1, 0.15) is 5.75 Å². The molecule has 1 N–H and O–H groups in total. The highest BCUT2D eigenvalue weighted by molar-refractivity contribution is 5.55. The van der Waals surface area contributed by atoms with Gasteiger partial charge < -0.3 is 14.6 Å². The van der Waals surface area contributed by atoms with Crippen LogP contribution in [0.15, 0.2) is 28.8 Å². The molecule has 0 spiro atoms. The lowest BCUT2D eigenvalue weighted by atomic mass is 10.00. The van der Waals surface area contributed by atoms with Crippen LogP contribution in [0.25, 0.3) is 11.4 Å². The van der Waals surface area contributed by atoms with E-state index in [-0.39, 0.29) is 0 Å². The van der Waals surface area contributed by atoms with Gasteiger partial charge in [-0.25, -0.2) is 0 Å². The molecule has 5 heteroatoms. The number of nitrogens with one attached hydrogen (secondary N) is 1. The summed E-state index contributed by atoms with van der Waals surface area (Å²) in [5.41, 5.74) is 0.963. The first-order chi connectivity index (χ1) is 11.3. The zero-order chi connectivity index (χ0) is 15.9. The number of unbranched alkanes of at least 4 members (excludes halogenated alkanes) is 3. The predicted molar refractivity (Wildman–Crippen MR) is 89.4 cm³/mol. The molecule has 1 saturated heterocycles. The summed E-state index contributed by atoms with van der Waals surface area (Å²) in [7, 11) is 0. The Hall–Kier alpha value is -1.88. The fourth-order valence-electron chi connectivity index (χ4n) is 2.61. The highest BCUT2D eigenvalue weighted by Gasteiger charge is 2.20. The van der Waals surface area contributed by atoms with Crippen LogP contribution in [0.3, 0.4) is 0 Å². The second-order valence-electron chi connectivity index (χ2n) is 6.17. The van der Waals surface area contributed by atoms with E-state index in [1.54, 1.807) is 0 Å². The Labute approximate surface area is 137 Å². The van der Waals surface area contributed by atoms with Crippen molar-refractivity contribution >= 4 is 0 Å². The summed E-state index contributed by atoms with van der Waals surface area (Å²) in [4.78, 5) is 4.48. The van der Waals surface area contributed by atoms with Crippen LogP contribution in [-0.2, 0) is 6.42 Å². The summed E-state index contributed by atoms with van der Waals surface area (Å²) in [6, 6.07) is 7.92. The van der Waals surface area contributed by atoms with E-state index in [1.165, 1.54) is 19.3 Å². The smallest absolute Gasteiger partial charge is 0.227 e. The molecule has 5 nitrogen and oxygen atoms in total. The van der Waals surface area contributed by atoms with E-state index in [4.69, 9.17) is 9.26 Å². The van der Waals surface area contributed by atoms with Crippen LogP contribution < -0.4 is 10.1 Å². The summed E-state index contributed by atoms with van der Waals surface area (Å²) in [6.07, 6.45) is 5.73. The van der Waals surface area contributed by atoms with Crippen molar-refractivity contribution < 1.29 is 9.26 Å². The van der Waals surface area contributed by atoms with Crippen LogP contribution in [0.1, 0.15) is 38.5 Å². The van der Waals surface area contributed by atoms with Gasteiger partial charge in [0.15, 0.2) is 0 Å². The van der Waals surface area contributed by atoms with Crippen molar-refractivity contribution in [3.8, 4) is 17.1 Å². The maximum Gasteiger partial charge on any atom is 0.227 e. The average molecular weight is 315 g/mol. The van der Waals surface area contributed by atoms with Crippen molar-refractivity contribution in [2.45, 2.75) is 39.0 Å². The molecule has 2 heterocycles. The molecule has 0 bridgehead atoms. The van der Waals surface area contributed by atoms with Crippen molar-refractivity contribution in [3.63, 3.8) is 0 Å². The second kappa shape index (κ2) is 8.11. The molecule has 124 valence electrons. The quantitative estimate of drug-likeness (QED) is 0.718. The third kappa shape index (κ3) is 4.55. The maximum absolute atomic E-state index is 5.75. The number of rotatable bonds is 9. The zero-order valence-corrected chi connectivity index (χ0v) is 13.8. The lowest BCUT2D eigenvalue weighted by Gasteiger charge is -2.25. The van der Waals surface area contributed by atoms with Crippen LogP contribution in [-0.4, -0.2) is 29.8 Å². The molecule has 23 heavy (non-hydrogen) atoms. The number of hydrogen-bond acceptors (Lipinski definition) is 5. The van der Waals surface area contributed by atoms with Crippen molar-refractivity contribution in [2.75, 3.05) is 19.7 Å². The Morgan fingerprint density at radius 2 is 2.00 bits per heavy atom. The Kier molecular flexibility index (Phi) is 5.64. The van der Waals surface area contributed by atoms with Gasteiger partial charge in [-0.2, -0.15) is 4.98 Å². The molecular formula is C18H25N3O2. The van der Waals surface area contributed by atoms with Gasteiger partial charge >= 0.3 is 0 Å². The molecular weight excluding hydrogens is 290 g/mol. The van der Waals surface area contributed by atoms with Gasteiger partial charge in [-0.1, -0.05) is 31.3 Å². The van der Waals surface area contributed by atoms with Crippen LogP contribution in [0.2, 0.25) is 0 Å². The summed E-state index contributed by atoms with van der Waals surface area (Å²) >= 11 is 0. The third-order valence-corrected chi connectivity index (χ3v) is 4.18. The molecule has 1 aliphatic heterocycles. The Balaban J connectivity index is 1.50. The van der Waals surface area contributed by atoms with E-state index >= 15 is 0 Å². The van der Waals surface area contributed by atoms with E-state index in [2.05, 4.69) is 22.4 Å². The summed E-state index contributed by atoms with van der Waals surface area (Å²) in [5.74, 6) is 2.91. The normalized spacial score (nSPS) is 14.7. The molecule has 1 aromatic heterocycles. The molecule has 0 atom stereocenters. The van der Waals surface area contributed by atoms with Crippen molar-refractivity contribution in [2.24, 2.45) is 5.92 Å². The van der Waals surface area contributed by atoms with E-state index in [0.29, 0.717) is 11.7 Å². The topological polar surface area (TPSA) is 60.2 Å². The van der Waals surface area contributed by atoms with Gasteiger partial charge in [-0.15, -0.1) is 0 Å². The van der Waals surface area contributed by atoms with Crippen molar-refractivity contribution in [3.05, 3.63) is 30.2 Å². The van der Waals surface area contributed by atoms with Crippen LogP contribution in [0, 0.1) is 5.92 Å². The van der Waals surface area contributed by atoms with Crippen LogP contribution in [0.5, 0.6) is 5.75 Å². The Morgan fingerprint density at radius 1 is 1.17 bits per heavy atom. The molecule has 1 fully saturated rings. The first-order valence-corrected chi connectivity index (χ1v) is 8.61. The SMILES string of the molecule is CCCCCCOc1ccc(-c2noc(CC3CNC3)n2)cc1. The molecule has 0 amide bonds. The standard InChI is InChI=1S/C18H25N3O2/c1-2-3-4-5-10-22-16-8-6-15(7-9-16)18-20-17(23-21-18)11-14-12-19-13-14/h6-9,14,19H,2-5,10-13H2,1H3. The number of aromatic nitrogens is 2. The van der Waals surface area contributed by atoms with Gasteiger partial charge in [0.05, 0.1) is 6.61 Å². The minimum absolute atomic E-state index is 0.631. The number of benzene rings is 1. The zero-order valence-electron chi connectivity index (χ0n) is 13.8. The molecule has 0 unspecified atom stereocenters. The Bertz CT molecular complexity index is 591. The van der Waals surface area contributed by atoms with Crippen LogP contribution >= 0.6 is 0 Å².